The molecule has 0 aromatic carbocycles. The molecule has 0 fully saturated rings. The van der Waals surface area contributed by atoms with Gasteiger partial charge in [0.25, 0.3) is 0 Å². The lowest BCUT2D eigenvalue weighted by Crippen LogP contribution is -2.40. The number of halogens is 3. The second-order valence-corrected chi connectivity index (χ2v) is 2.06. The lowest BCUT2D eigenvalue weighted by molar-refractivity contribution is -0.173. The Morgan fingerprint density at radius 2 is 2.09 bits per heavy atom. The average Bonchev–Trinajstić information content (AvgIpc) is 1.80. The monoisotopic (exact) mass is 171 g/mol. The highest BCUT2D eigenvalue weighted by Crippen LogP contribution is 2.13. The van der Waals surface area contributed by atoms with E-state index in [1.165, 1.54) is 12.2 Å². The fourth-order valence-corrected chi connectivity index (χ4v) is 0.341. The second-order valence-electron chi connectivity index (χ2n) is 2.06. The predicted molar refractivity (Wildman–Crippen MR) is 30.7 cm³/mol. The van der Waals surface area contributed by atoms with Crippen molar-refractivity contribution >= 4 is 5.91 Å². The van der Waals surface area contributed by atoms with Crippen LogP contribution in [-0.4, -0.2) is 29.8 Å². The second kappa shape index (κ2) is 3.56. The van der Waals surface area contributed by atoms with Crippen molar-refractivity contribution in [3.8, 4) is 0 Å². The molecule has 1 atom stereocenters. The Bertz CT molecular complexity index is 143. The molecule has 0 aromatic rings. The van der Waals surface area contributed by atoms with Gasteiger partial charge in [-0.25, -0.2) is 0 Å². The molecule has 0 bridgehead atoms. The minimum Gasteiger partial charge on any atom is -0.392 e. The predicted octanol–water partition coefficient (Wildman–Crippen LogP) is 0.0457. The van der Waals surface area contributed by atoms with Crippen LogP contribution in [0, 0.1) is 0 Å². The molecular weight excluding hydrogens is 163 g/mol. The highest BCUT2D eigenvalue weighted by molar-refractivity contribution is 5.81. The van der Waals surface area contributed by atoms with Crippen molar-refractivity contribution < 1.29 is 23.1 Å². The molecule has 0 aliphatic rings. The van der Waals surface area contributed by atoms with E-state index in [-0.39, 0.29) is 0 Å². The lowest BCUT2D eigenvalue weighted by atomic mass is 10.4. The van der Waals surface area contributed by atoms with Gasteiger partial charge in [0, 0.05) is 6.54 Å². The number of alkyl halides is 3. The van der Waals surface area contributed by atoms with E-state index in [4.69, 9.17) is 5.11 Å². The van der Waals surface area contributed by atoms with Gasteiger partial charge in [0.1, 0.15) is 0 Å². The molecule has 0 aromatic heterocycles. The molecule has 2 N–H and O–H groups in total. The Morgan fingerprint density at radius 3 is 2.36 bits per heavy atom. The van der Waals surface area contributed by atoms with Gasteiger partial charge in [-0.2, -0.15) is 13.2 Å². The van der Waals surface area contributed by atoms with Gasteiger partial charge >= 0.3 is 12.1 Å². The number of rotatable bonds is 2. The third kappa shape index (κ3) is 4.60. The van der Waals surface area contributed by atoms with Crippen molar-refractivity contribution in [1.29, 1.82) is 0 Å². The lowest BCUT2D eigenvalue weighted by Gasteiger charge is -2.08. The van der Waals surface area contributed by atoms with E-state index >= 15 is 0 Å². The van der Waals surface area contributed by atoms with E-state index in [0.717, 1.165) is 0 Å². The summed E-state index contributed by atoms with van der Waals surface area (Å²) >= 11 is 0. The summed E-state index contributed by atoms with van der Waals surface area (Å²) in [6, 6.07) is 0. The zero-order valence-electron chi connectivity index (χ0n) is 5.77. The first kappa shape index (κ1) is 10.2. The summed E-state index contributed by atoms with van der Waals surface area (Å²) in [5, 5.41) is 9.99. The summed E-state index contributed by atoms with van der Waals surface area (Å²) in [5.74, 6) is -2.03. The van der Waals surface area contributed by atoms with Crippen molar-refractivity contribution in [2.75, 3.05) is 6.54 Å². The molecule has 11 heavy (non-hydrogen) atoms. The highest BCUT2D eigenvalue weighted by Gasteiger charge is 2.38. The summed E-state index contributed by atoms with van der Waals surface area (Å²) < 4.78 is 34.2. The van der Waals surface area contributed by atoms with Gasteiger partial charge in [0.15, 0.2) is 0 Å². The van der Waals surface area contributed by atoms with E-state index in [2.05, 4.69) is 0 Å². The fourth-order valence-electron chi connectivity index (χ4n) is 0.341. The number of aliphatic hydroxyl groups excluding tert-OH is 1. The van der Waals surface area contributed by atoms with Crippen LogP contribution in [0.1, 0.15) is 6.92 Å². The summed E-state index contributed by atoms with van der Waals surface area (Å²) in [7, 11) is 0. The van der Waals surface area contributed by atoms with Gasteiger partial charge in [-0.15, -0.1) is 0 Å². The first-order valence-corrected chi connectivity index (χ1v) is 2.87. The van der Waals surface area contributed by atoms with E-state index in [1.807, 2.05) is 0 Å². The zero-order valence-corrected chi connectivity index (χ0v) is 5.77. The molecule has 0 spiro atoms. The van der Waals surface area contributed by atoms with Gasteiger partial charge in [0.2, 0.25) is 0 Å². The molecule has 0 radical (unpaired) electrons. The molecule has 0 aliphatic heterocycles. The quantitative estimate of drug-likeness (QED) is 0.616. The van der Waals surface area contributed by atoms with Gasteiger partial charge in [-0.1, -0.05) is 0 Å². The van der Waals surface area contributed by atoms with Crippen LogP contribution in [0.2, 0.25) is 0 Å². The Morgan fingerprint density at radius 1 is 1.64 bits per heavy atom. The molecule has 0 saturated heterocycles. The molecule has 0 saturated carbocycles. The summed E-state index contributed by atoms with van der Waals surface area (Å²) in [4.78, 5) is 10.0. The van der Waals surface area contributed by atoms with Gasteiger partial charge < -0.3 is 10.4 Å². The zero-order chi connectivity index (χ0) is 9.07. The summed E-state index contributed by atoms with van der Waals surface area (Å²) in [5.41, 5.74) is 0. The molecule has 6 heteroatoms. The number of carbonyl (C=O) groups excluding carboxylic acids is 1. The van der Waals surface area contributed by atoms with E-state index in [0.29, 0.717) is 0 Å². The topological polar surface area (TPSA) is 49.3 Å². The average molecular weight is 171 g/mol. The van der Waals surface area contributed by atoms with Crippen molar-refractivity contribution in [1.82, 2.24) is 5.32 Å². The minimum absolute atomic E-state index is 0.391. The maximum absolute atomic E-state index is 11.4. The van der Waals surface area contributed by atoms with Gasteiger partial charge in [-0.05, 0) is 6.92 Å². The normalized spacial score (nSPS) is 14.3. The molecule has 0 rings (SSSR count). The van der Waals surface area contributed by atoms with Crippen molar-refractivity contribution in [2.45, 2.75) is 19.2 Å². The van der Waals surface area contributed by atoms with E-state index < -0.39 is 24.7 Å². The van der Waals surface area contributed by atoms with Gasteiger partial charge in [0.05, 0.1) is 6.10 Å². The number of amides is 1. The first-order chi connectivity index (χ1) is 4.84. The molecule has 66 valence electrons. The number of aliphatic hydroxyl groups is 1. The molecule has 1 amide bonds. The van der Waals surface area contributed by atoms with Crippen LogP contribution in [0.25, 0.3) is 0 Å². The van der Waals surface area contributed by atoms with Crippen molar-refractivity contribution in [3.05, 3.63) is 0 Å². The third-order valence-electron chi connectivity index (χ3n) is 0.815. The standard InChI is InChI=1S/C5H8F3NO2/c1-3(10)2-9-4(11)5(6,7)8/h3,10H,2H2,1H3,(H,9,11). The maximum atomic E-state index is 11.4. The number of nitrogens with one attached hydrogen (secondary N) is 1. The molecule has 1 unspecified atom stereocenters. The number of hydrogen-bond donors (Lipinski definition) is 2. The van der Waals surface area contributed by atoms with E-state index in [1.54, 1.807) is 0 Å². The summed E-state index contributed by atoms with van der Waals surface area (Å²) in [6.07, 6.45) is -5.84. The molecule has 0 aliphatic carbocycles. The van der Waals surface area contributed by atoms with E-state index in [9.17, 15) is 18.0 Å². The Balaban J connectivity index is 3.71. The highest BCUT2D eigenvalue weighted by atomic mass is 19.4. The smallest absolute Gasteiger partial charge is 0.392 e. The van der Waals surface area contributed by atoms with Crippen LogP contribution in [0.15, 0.2) is 0 Å². The van der Waals surface area contributed by atoms with Crippen LogP contribution in [0.5, 0.6) is 0 Å². The Kier molecular flexibility index (Phi) is 3.31. The molecule has 0 heterocycles. The first-order valence-electron chi connectivity index (χ1n) is 2.87. The Labute approximate surface area is 61.2 Å². The van der Waals surface area contributed by atoms with Crippen LogP contribution >= 0.6 is 0 Å². The van der Waals surface area contributed by atoms with Crippen molar-refractivity contribution in [3.63, 3.8) is 0 Å². The van der Waals surface area contributed by atoms with Crippen LogP contribution in [0.4, 0.5) is 13.2 Å². The third-order valence-corrected chi connectivity index (χ3v) is 0.815. The fraction of sp³-hybridized carbons (Fsp3) is 0.800. The molecular formula is C5H8F3NO2. The van der Waals surface area contributed by atoms with Crippen LogP contribution in [0.3, 0.4) is 0 Å². The summed E-state index contributed by atoms with van der Waals surface area (Å²) in [6.45, 7) is 0.884. The largest absolute Gasteiger partial charge is 0.471 e. The van der Waals surface area contributed by atoms with Gasteiger partial charge in [-0.3, -0.25) is 4.79 Å². The molecule has 3 nitrogen and oxygen atoms in total. The SMILES string of the molecule is CC(O)CNC(=O)C(F)(F)F. The number of carbonyl (C=O) groups is 1. The van der Waals surface area contributed by atoms with Crippen LogP contribution < -0.4 is 5.32 Å². The number of hydrogen-bond acceptors (Lipinski definition) is 2. The van der Waals surface area contributed by atoms with Crippen LogP contribution in [-0.2, 0) is 4.79 Å². The van der Waals surface area contributed by atoms with Crippen molar-refractivity contribution in [2.24, 2.45) is 0 Å². The Hall–Kier alpha value is -0.780. The minimum atomic E-state index is -4.87. The maximum Gasteiger partial charge on any atom is 0.471 e.